The number of nitrogens with zero attached hydrogens (tertiary/aromatic N) is 1. The van der Waals surface area contributed by atoms with Crippen LogP contribution in [0.15, 0.2) is 12.1 Å². The van der Waals surface area contributed by atoms with Crippen LogP contribution in [-0.4, -0.2) is 5.60 Å². The van der Waals surface area contributed by atoms with Gasteiger partial charge in [-0.2, -0.15) is 5.26 Å². The van der Waals surface area contributed by atoms with Gasteiger partial charge in [-0.05, 0) is 19.9 Å². The highest BCUT2D eigenvalue weighted by Gasteiger charge is 2.32. The third-order valence-electron chi connectivity index (χ3n) is 2.39. The standard InChI is InChI=1S/C11H12N2O/c1-11(2)5-7-3-4-8(6-12)9(13)10(7)14-11/h3-4H,5,13H2,1-2H3. The highest BCUT2D eigenvalue weighted by atomic mass is 16.5. The summed E-state index contributed by atoms with van der Waals surface area (Å²) in [6.07, 6.45) is 0.845. The highest BCUT2D eigenvalue weighted by Crippen LogP contribution is 2.40. The summed E-state index contributed by atoms with van der Waals surface area (Å²) in [7, 11) is 0. The van der Waals surface area contributed by atoms with Crippen LogP contribution >= 0.6 is 0 Å². The molecule has 14 heavy (non-hydrogen) atoms. The Morgan fingerprint density at radius 2 is 2.21 bits per heavy atom. The molecule has 0 bridgehead atoms. The summed E-state index contributed by atoms with van der Waals surface area (Å²) in [4.78, 5) is 0. The molecule has 72 valence electrons. The molecule has 1 heterocycles. The van der Waals surface area contributed by atoms with Crippen molar-refractivity contribution in [3.8, 4) is 11.8 Å². The zero-order valence-electron chi connectivity index (χ0n) is 8.29. The van der Waals surface area contributed by atoms with Crippen molar-refractivity contribution in [3.63, 3.8) is 0 Å². The van der Waals surface area contributed by atoms with Gasteiger partial charge in [0.05, 0.1) is 11.3 Å². The summed E-state index contributed by atoms with van der Waals surface area (Å²) in [5.41, 5.74) is 7.66. The summed E-state index contributed by atoms with van der Waals surface area (Å²) < 4.78 is 5.69. The number of ether oxygens (including phenoxy) is 1. The fraction of sp³-hybridized carbons (Fsp3) is 0.364. The Morgan fingerprint density at radius 3 is 2.86 bits per heavy atom. The van der Waals surface area contributed by atoms with E-state index in [1.54, 1.807) is 6.07 Å². The van der Waals surface area contributed by atoms with Gasteiger partial charge in [-0.15, -0.1) is 0 Å². The molecule has 2 N–H and O–H groups in total. The van der Waals surface area contributed by atoms with Crippen LogP contribution in [0.5, 0.6) is 5.75 Å². The van der Waals surface area contributed by atoms with Crippen molar-refractivity contribution in [2.75, 3.05) is 5.73 Å². The first kappa shape index (κ1) is 8.89. The molecule has 1 aromatic rings. The number of nitrogen functional groups attached to an aromatic ring is 1. The van der Waals surface area contributed by atoms with Crippen molar-refractivity contribution in [2.45, 2.75) is 25.9 Å². The van der Waals surface area contributed by atoms with Gasteiger partial charge in [0.15, 0.2) is 0 Å². The first-order chi connectivity index (χ1) is 6.53. The molecule has 0 amide bonds. The minimum Gasteiger partial charge on any atom is -0.485 e. The van der Waals surface area contributed by atoms with E-state index in [-0.39, 0.29) is 5.60 Å². The first-order valence-corrected chi connectivity index (χ1v) is 4.54. The second-order valence-electron chi connectivity index (χ2n) is 4.17. The Hall–Kier alpha value is -1.69. The van der Waals surface area contributed by atoms with E-state index in [2.05, 4.69) is 0 Å². The fourth-order valence-corrected chi connectivity index (χ4v) is 1.77. The van der Waals surface area contributed by atoms with Gasteiger partial charge in [-0.3, -0.25) is 0 Å². The number of anilines is 1. The van der Waals surface area contributed by atoms with Crippen molar-refractivity contribution in [3.05, 3.63) is 23.3 Å². The minimum atomic E-state index is -0.204. The summed E-state index contributed by atoms with van der Waals surface area (Å²) in [5, 5.41) is 8.79. The van der Waals surface area contributed by atoms with E-state index in [0.717, 1.165) is 12.0 Å². The molecule has 0 atom stereocenters. The monoisotopic (exact) mass is 188 g/mol. The maximum absolute atomic E-state index is 8.79. The highest BCUT2D eigenvalue weighted by molar-refractivity contribution is 5.67. The molecule has 3 heteroatoms. The molecule has 2 rings (SSSR count). The van der Waals surface area contributed by atoms with Gasteiger partial charge < -0.3 is 10.5 Å². The van der Waals surface area contributed by atoms with E-state index in [0.29, 0.717) is 17.0 Å². The summed E-state index contributed by atoms with van der Waals surface area (Å²) >= 11 is 0. The molecule has 0 aromatic heterocycles. The number of benzene rings is 1. The normalized spacial score (nSPS) is 16.9. The first-order valence-electron chi connectivity index (χ1n) is 4.54. The quantitative estimate of drug-likeness (QED) is 0.632. The Balaban J connectivity index is 2.55. The number of fused-ring (bicyclic) bond motifs is 1. The molecule has 0 fully saturated rings. The smallest absolute Gasteiger partial charge is 0.147 e. The van der Waals surface area contributed by atoms with Crippen molar-refractivity contribution in [1.29, 1.82) is 5.26 Å². The zero-order valence-corrected chi connectivity index (χ0v) is 8.29. The van der Waals surface area contributed by atoms with E-state index in [1.165, 1.54) is 0 Å². The number of nitrogens with two attached hydrogens (primary N) is 1. The molecule has 3 nitrogen and oxygen atoms in total. The lowest BCUT2D eigenvalue weighted by Crippen LogP contribution is -2.24. The van der Waals surface area contributed by atoms with Gasteiger partial charge in [0, 0.05) is 12.0 Å². The van der Waals surface area contributed by atoms with Gasteiger partial charge >= 0.3 is 0 Å². The zero-order chi connectivity index (χ0) is 10.3. The van der Waals surface area contributed by atoms with Gasteiger partial charge in [-0.25, -0.2) is 0 Å². The molecular formula is C11H12N2O. The molecule has 1 aliphatic rings. The Morgan fingerprint density at radius 1 is 1.50 bits per heavy atom. The Bertz CT molecular complexity index is 430. The second-order valence-corrected chi connectivity index (χ2v) is 4.17. The van der Waals surface area contributed by atoms with Crippen LogP contribution in [-0.2, 0) is 6.42 Å². The lowest BCUT2D eigenvalue weighted by atomic mass is 10.0. The average Bonchev–Trinajstić information content (AvgIpc) is 2.42. The molecule has 0 spiro atoms. The molecule has 0 saturated heterocycles. The van der Waals surface area contributed by atoms with Crippen LogP contribution in [0.4, 0.5) is 5.69 Å². The SMILES string of the molecule is CC1(C)Cc2ccc(C#N)c(N)c2O1. The maximum atomic E-state index is 8.79. The Kier molecular flexibility index (Phi) is 1.68. The number of hydrogen-bond acceptors (Lipinski definition) is 3. The predicted octanol–water partition coefficient (Wildman–Crippen LogP) is 1.85. The summed E-state index contributed by atoms with van der Waals surface area (Å²) in [6.45, 7) is 4.02. The van der Waals surface area contributed by atoms with Crippen LogP contribution in [0.3, 0.4) is 0 Å². The lowest BCUT2D eigenvalue weighted by Gasteiger charge is -2.17. The summed E-state index contributed by atoms with van der Waals surface area (Å²) in [6, 6.07) is 5.71. The van der Waals surface area contributed by atoms with Crippen LogP contribution in [0.25, 0.3) is 0 Å². The van der Waals surface area contributed by atoms with Gasteiger partial charge in [0.1, 0.15) is 17.4 Å². The topological polar surface area (TPSA) is 59.0 Å². The molecule has 0 radical (unpaired) electrons. The van der Waals surface area contributed by atoms with Crippen molar-refractivity contribution < 1.29 is 4.74 Å². The second kappa shape index (κ2) is 2.65. The number of hydrogen-bond donors (Lipinski definition) is 1. The minimum absolute atomic E-state index is 0.204. The molecule has 0 unspecified atom stereocenters. The number of nitriles is 1. The van der Waals surface area contributed by atoms with Crippen molar-refractivity contribution in [2.24, 2.45) is 0 Å². The third-order valence-corrected chi connectivity index (χ3v) is 2.39. The molecule has 1 aromatic carbocycles. The van der Waals surface area contributed by atoms with Crippen LogP contribution in [0.1, 0.15) is 25.0 Å². The lowest BCUT2D eigenvalue weighted by molar-refractivity contribution is 0.139. The van der Waals surface area contributed by atoms with E-state index in [1.807, 2.05) is 26.0 Å². The van der Waals surface area contributed by atoms with Gasteiger partial charge in [-0.1, -0.05) is 6.07 Å². The molecule has 1 aliphatic heterocycles. The van der Waals surface area contributed by atoms with E-state index in [9.17, 15) is 0 Å². The van der Waals surface area contributed by atoms with Crippen molar-refractivity contribution >= 4 is 5.69 Å². The average molecular weight is 188 g/mol. The third kappa shape index (κ3) is 1.20. The molecule has 0 aliphatic carbocycles. The predicted molar refractivity (Wildman–Crippen MR) is 54.0 cm³/mol. The van der Waals surface area contributed by atoms with Crippen molar-refractivity contribution in [1.82, 2.24) is 0 Å². The number of rotatable bonds is 0. The molecule has 0 saturated carbocycles. The van der Waals surface area contributed by atoms with E-state index >= 15 is 0 Å². The molecular weight excluding hydrogens is 176 g/mol. The van der Waals surface area contributed by atoms with E-state index in [4.69, 9.17) is 15.7 Å². The van der Waals surface area contributed by atoms with Gasteiger partial charge in [0.2, 0.25) is 0 Å². The fourth-order valence-electron chi connectivity index (χ4n) is 1.77. The maximum Gasteiger partial charge on any atom is 0.147 e. The van der Waals surface area contributed by atoms with E-state index < -0.39 is 0 Å². The van der Waals surface area contributed by atoms with Gasteiger partial charge in [0.25, 0.3) is 0 Å². The van der Waals surface area contributed by atoms with Crippen LogP contribution < -0.4 is 10.5 Å². The van der Waals surface area contributed by atoms with Crippen LogP contribution in [0.2, 0.25) is 0 Å². The largest absolute Gasteiger partial charge is 0.485 e. The van der Waals surface area contributed by atoms with Crippen LogP contribution in [0, 0.1) is 11.3 Å². The summed E-state index contributed by atoms with van der Waals surface area (Å²) in [5.74, 6) is 0.689. The Labute approximate surface area is 83.1 Å².